The Balaban J connectivity index is 1.71. The molecule has 0 unspecified atom stereocenters. The predicted molar refractivity (Wildman–Crippen MR) is 101 cm³/mol. The van der Waals surface area contributed by atoms with Crippen LogP contribution >= 0.6 is 11.3 Å². The van der Waals surface area contributed by atoms with E-state index in [1.807, 2.05) is 0 Å². The van der Waals surface area contributed by atoms with Gasteiger partial charge in [0.2, 0.25) is 10.0 Å². The van der Waals surface area contributed by atoms with Crippen LogP contribution in [-0.2, 0) is 21.4 Å². The normalized spacial score (nSPS) is 11.3. The second-order valence-electron chi connectivity index (χ2n) is 5.48. The van der Waals surface area contributed by atoms with E-state index in [0.717, 1.165) is 18.2 Å². The zero-order chi connectivity index (χ0) is 20.1. The predicted octanol–water partition coefficient (Wildman–Crippen LogP) is 3.36. The first kappa shape index (κ1) is 19.9. The number of halogens is 1. The molecule has 0 amide bonds. The van der Waals surface area contributed by atoms with E-state index in [4.69, 9.17) is 9.15 Å². The highest BCUT2D eigenvalue weighted by atomic mass is 32.2. The smallest absolute Gasteiger partial charge is 0.338 e. The molecule has 0 saturated carbocycles. The summed E-state index contributed by atoms with van der Waals surface area (Å²) in [5.41, 5.74) is 0.411. The Kier molecular flexibility index (Phi) is 6.02. The lowest BCUT2D eigenvalue weighted by molar-refractivity contribution is 0.0468. The number of aromatic nitrogens is 1. The van der Waals surface area contributed by atoms with Crippen LogP contribution in [0.5, 0.6) is 0 Å². The lowest BCUT2D eigenvalue weighted by atomic mass is 10.2. The Hall–Kier alpha value is -2.82. The third-order valence-electron chi connectivity index (χ3n) is 3.51. The van der Waals surface area contributed by atoms with E-state index >= 15 is 0 Å². The van der Waals surface area contributed by atoms with Crippen LogP contribution in [0.15, 0.2) is 63.9 Å². The number of carbonyl (C=O) groups excluding carboxylic acids is 1. The summed E-state index contributed by atoms with van der Waals surface area (Å²) in [6.45, 7) is 3.20. The number of hydrogen-bond acceptors (Lipinski definition) is 7. The van der Waals surface area contributed by atoms with E-state index in [1.54, 1.807) is 17.5 Å². The minimum Gasteiger partial charge on any atom is -0.462 e. The van der Waals surface area contributed by atoms with E-state index in [0.29, 0.717) is 16.5 Å². The van der Waals surface area contributed by atoms with E-state index < -0.39 is 26.7 Å². The van der Waals surface area contributed by atoms with Crippen LogP contribution in [0, 0.1) is 5.82 Å². The molecule has 28 heavy (non-hydrogen) atoms. The topological polar surface area (TPSA) is 98.5 Å². The highest BCUT2D eigenvalue weighted by Crippen LogP contribution is 2.24. The van der Waals surface area contributed by atoms with Gasteiger partial charge in [-0.3, -0.25) is 0 Å². The van der Waals surface area contributed by atoms with Crippen molar-refractivity contribution in [3.8, 4) is 10.8 Å². The summed E-state index contributed by atoms with van der Waals surface area (Å²) in [6, 6.07) is 6.48. The molecule has 0 aliphatic rings. The molecule has 1 N–H and O–H groups in total. The van der Waals surface area contributed by atoms with Crippen LogP contribution in [0.4, 0.5) is 4.39 Å². The van der Waals surface area contributed by atoms with Gasteiger partial charge in [0.15, 0.2) is 10.8 Å². The molecule has 0 saturated heterocycles. The van der Waals surface area contributed by atoms with Gasteiger partial charge in [-0.1, -0.05) is 6.08 Å². The van der Waals surface area contributed by atoms with Crippen LogP contribution in [0.2, 0.25) is 0 Å². The van der Waals surface area contributed by atoms with E-state index in [2.05, 4.69) is 16.3 Å². The fraction of sp³-hybridized carbons (Fsp3) is 0.111. The fourth-order valence-corrected chi connectivity index (χ4v) is 4.06. The number of ether oxygens (including phenoxy) is 1. The molecule has 10 heteroatoms. The van der Waals surface area contributed by atoms with E-state index in [1.165, 1.54) is 23.7 Å². The number of benzene rings is 1. The lowest BCUT2D eigenvalue weighted by Crippen LogP contribution is -2.25. The van der Waals surface area contributed by atoms with E-state index in [-0.39, 0.29) is 18.7 Å². The van der Waals surface area contributed by atoms with Crippen LogP contribution in [-0.4, -0.2) is 25.9 Å². The van der Waals surface area contributed by atoms with Gasteiger partial charge in [0, 0.05) is 11.9 Å². The van der Waals surface area contributed by atoms with Gasteiger partial charge < -0.3 is 9.15 Å². The van der Waals surface area contributed by atoms with Crippen molar-refractivity contribution in [2.45, 2.75) is 11.5 Å². The van der Waals surface area contributed by atoms with Crippen LogP contribution in [0.1, 0.15) is 16.1 Å². The minimum absolute atomic E-state index is 0.0712. The number of hydrogen-bond donors (Lipinski definition) is 1. The van der Waals surface area contributed by atoms with Crippen molar-refractivity contribution in [1.29, 1.82) is 0 Å². The van der Waals surface area contributed by atoms with Gasteiger partial charge in [-0.2, -0.15) is 0 Å². The van der Waals surface area contributed by atoms with Gasteiger partial charge >= 0.3 is 5.97 Å². The molecule has 3 rings (SSSR count). The molecule has 0 aliphatic heterocycles. The molecule has 0 aliphatic carbocycles. The summed E-state index contributed by atoms with van der Waals surface area (Å²) in [6.07, 6.45) is 2.85. The molecule has 0 atom stereocenters. The van der Waals surface area contributed by atoms with Gasteiger partial charge in [-0.25, -0.2) is 27.3 Å². The third kappa shape index (κ3) is 4.53. The van der Waals surface area contributed by atoms with Crippen LogP contribution < -0.4 is 4.72 Å². The summed E-state index contributed by atoms with van der Waals surface area (Å²) in [4.78, 5) is 15.9. The van der Waals surface area contributed by atoms with Crippen molar-refractivity contribution in [2.75, 3.05) is 6.54 Å². The zero-order valence-electron chi connectivity index (χ0n) is 14.4. The largest absolute Gasteiger partial charge is 0.462 e. The van der Waals surface area contributed by atoms with Crippen molar-refractivity contribution in [3.05, 3.63) is 71.7 Å². The highest BCUT2D eigenvalue weighted by molar-refractivity contribution is 7.89. The Morgan fingerprint density at radius 1 is 1.39 bits per heavy atom. The standard InChI is InChI=1S/C18H15FN2O5S2/c1-2-7-20-28(23,24)16-9-12(5-6-14(16)19)18(22)26-10-13-11-27-17(21-13)15-4-3-8-25-15/h2-6,8-9,11,20H,1,7,10H2. The molecule has 3 aromatic rings. The molecule has 146 valence electrons. The molecular weight excluding hydrogens is 407 g/mol. The second-order valence-corrected chi connectivity index (χ2v) is 8.08. The zero-order valence-corrected chi connectivity index (χ0v) is 16.1. The van der Waals surface area contributed by atoms with Crippen molar-refractivity contribution in [3.63, 3.8) is 0 Å². The number of thiazole rings is 1. The van der Waals surface area contributed by atoms with E-state index in [9.17, 15) is 17.6 Å². The van der Waals surface area contributed by atoms with Gasteiger partial charge in [-0.05, 0) is 30.3 Å². The fourth-order valence-electron chi connectivity index (χ4n) is 2.19. The summed E-state index contributed by atoms with van der Waals surface area (Å²) < 4.78 is 50.7. The number of nitrogens with zero attached hydrogens (tertiary/aromatic N) is 1. The quantitative estimate of drug-likeness (QED) is 0.441. The number of carbonyl (C=O) groups is 1. The minimum atomic E-state index is -4.12. The SMILES string of the molecule is C=CCNS(=O)(=O)c1cc(C(=O)OCc2csc(-c3ccco3)n2)ccc1F. The monoisotopic (exact) mass is 422 g/mol. The number of nitrogens with one attached hydrogen (secondary N) is 1. The van der Waals surface area contributed by atoms with Gasteiger partial charge in [0.05, 0.1) is 17.5 Å². The van der Waals surface area contributed by atoms with Gasteiger partial charge in [0.1, 0.15) is 17.3 Å². The average molecular weight is 422 g/mol. The Morgan fingerprint density at radius 3 is 2.93 bits per heavy atom. The average Bonchev–Trinajstić information content (AvgIpc) is 3.36. The van der Waals surface area contributed by atoms with Crippen molar-refractivity contribution in [1.82, 2.24) is 9.71 Å². The molecule has 2 aromatic heterocycles. The Morgan fingerprint density at radius 2 is 2.21 bits per heavy atom. The molecule has 1 aromatic carbocycles. The Bertz CT molecular complexity index is 1090. The summed E-state index contributed by atoms with van der Waals surface area (Å²) in [5, 5.41) is 2.35. The summed E-state index contributed by atoms with van der Waals surface area (Å²) in [5.74, 6) is -1.17. The van der Waals surface area contributed by atoms with Crippen LogP contribution in [0.25, 0.3) is 10.8 Å². The molecule has 7 nitrogen and oxygen atoms in total. The van der Waals surface area contributed by atoms with Crippen molar-refractivity contribution in [2.24, 2.45) is 0 Å². The first-order valence-corrected chi connectivity index (χ1v) is 10.3. The van der Waals surface area contributed by atoms with Crippen molar-refractivity contribution < 1.29 is 26.8 Å². The van der Waals surface area contributed by atoms with Crippen molar-refractivity contribution >= 4 is 27.3 Å². The highest BCUT2D eigenvalue weighted by Gasteiger charge is 2.21. The number of rotatable bonds is 8. The first-order chi connectivity index (χ1) is 13.4. The summed E-state index contributed by atoms with van der Waals surface area (Å²) >= 11 is 1.33. The number of furan rings is 1. The maximum absolute atomic E-state index is 13.9. The molecule has 0 bridgehead atoms. The second kappa shape index (κ2) is 8.46. The third-order valence-corrected chi connectivity index (χ3v) is 5.85. The Labute approximate surface area is 164 Å². The number of esters is 1. The molecule has 2 heterocycles. The molecule has 0 fully saturated rings. The lowest BCUT2D eigenvalue weighted by Gasteiger charge is -2.08. The molecule has 0 radical (unpaired) electrons. The maximum Gasteiger partial charge on any atom is 0.338 e. The maximum atomic E-state index is 13.9. The van der Waals surface area contributed by atoms with Crippen LogP contribution in [0.3, 0.4) is 0 Å². The summed E-state index contributed by atoms with van der Waals surface area (Å²) in [7, 11) is -4.12. The van der Waals surface area contributed by atoms with Gasteiger partial charge in [-0.15, -0.1) is 17.9 Å². The molecule has 0 spiro atoms. The molecular formula is C18H15FN2O5S2. The first-order valence-electron chi connectivity index (χ1n) is 7.96. The number of sulfonamides is 1. The van der Waals surface area contributed by atoms with Gasteiger partial charge in [0.25, 0.3) is 0 Å².